The molecule has 0 radical (unpaired) electrons. The van der Waals surface area contributed by atoms with Crippen molar-refractivity contribution in [1.82, 2.24) is 0 Å². The summed E-state index contributed by atoms with van der Waals surface area (Å²) in [6.45, 7) is 5.55. The number of aliphatic carboxylic acids is 1. The summed E-state index contributed by atoms with van der Waals surface area (Å²) in [4.78, 5) is 24.1. The Kier molecular flexibility index (Phi) is 5.54. The summed E-state index contributed by atoms with van der Waals surface area (Å²) in [5.41, 5.74) is 1.91. The molecule has 0 amide bonds. The third-order valence-corrected chi connectivity index (χ3v) is 4.70. The fourth-order valence-corrected chi connectivity index (χ4v) is 3.12. The number of ether oxygens (including phenoxy) is 2. The Balaban J connectivity index is 1.80. The van der Waals surface area contributed by atoms with Gasteiger partial charge in [0.2, 0.25) is 0 Å². The van der Waals surface area contributed by atoms with Gasteiger partial charge in [-0.15, -0.1) is 0 Å². The summed E-state index contributed by atoms with van der Waals surface area (Å²) in [6.07, 6.45) is 3.25. The van der Waals surface area contributed by atoms with Gasteiger partial charge in [0, 0.05) is 11.1 Å². The average Bonchev–Trinajstić information content (AvgIpc) is 2.65. The highest BCUT2D eigenvalue weighted by Crippen LogP contribution is 2.31. The maximum atomic E-state index is 12.9. The zero-order chi connectivity index (χ0) is 20.3. The number of hydrogen-bond acceptors (Lipinski definition) is 4. The Morgan fingerprint density at radius 2 is 1.79 bits per heavy atom. The molecule has 28 heavy (non-hydrogen) atoms. The zero-order valence-corrected chi connectivity index (χ0v) is 16.3. The first kappa shape index (κ1) is 19.7. The molecule has 2 aromatic rings. The van der Waals surface area contributed by atoms with Crippen LogP contribution in [0.3, 0.4) is 0 Å². The van der Waals surface area contributed by atoms with Crippen LogP contribution < -0.4 is 9.47 Å². The van der Waals surface area contributed by atoms with E-state index in [-0.39, 0.29) is 5.78 Å². The van der Waals surface area contributed by atoms with Crippen molar-refractivity contribution in [3.05, 3.63) is 64.7 Å². The van der Waals surface area contributed by atoms with E-state index in [4.69, 9.17) is 9.47 Å². The lowest BCUT2D eigenvalue weighted by Gasteiger charge is -2.23. The highest BCUT2D eigenvalue weighted by molar-refractivity contribution is 6.13. The van der Waals surface area contributed by atoms with Gasteiger partial charge in [0.05, 0.1) is 6.61 Å². The van der Waals surface area contributed by atoms with E-state index in [1.165, 1.54) is 13.8 Å². The van der Waals surface area contributed by atoms with Crippen molar-refractivity contribution in [2.45, 2.75) is 39.2 Å². The molecule has 3 rings (SSSR count). The van der Waals surface area contributed by atoms with Gasteiger partial charge in [-0.25, -0.2) is 4.79 Å². The molecule has 0 saturated carbocycles. The minimum absolute atomic E-state index is 0.000760. The number of allylic oxidation sites excluding steroid dienone is 1. The number of fused-ring (bicyclic) bond motifs is 1. The predicted molar refractivity (Wildman–Crippen MR) is 107 cm³/mol. The predicted octanol–water partition coefficient (Wildman–Crippen LogP) is 4.54. The maximum absolute atomic E-state index is 12.9. The molecule has 1 aliphatic carbocycles. The van der Waals surface area contributed by atoms with Gasteiger partial charge in [-0.1, -0.05) is 12.1 Å². The number of ketones is 1. The largest absolute Gasteiger partial charge is 0.494 e. The molecule has 1 N–H and O–H groups in total. The molecule has 1 aliphatic rings. The van der Waals surface area contributed by atoms with Gasteiger partial charge in [0.15, 0.2) is 11.4 Å². The molecule has 0 spiro atoms. The summed E-state index contributed by atoms with van der Waals surface area (Å²) in [5.74, 6) is 0.223. The van der Waals surface area contributed by atoms with Crippen LogP contribution in [0, 0.1) is 0 Å². The Labute approximate surface area is 164 Å². The normalized spacial score (nSPS) is 15.2. The van der Waals surface area contributed by atoms with Crippen molar-refractivity contribution in [3.8, 4) is 11.5 Å². The van der Waals surface area contributed by atoms with E-state index in [9.17, 15) is 14.7 Å². The van der Waals surface area contributed by atoms with Gasteiger partial charge < -0.3 is 14.6 Å². The van der Waals surface area contributed by atoms with E-state index < -0.39 is 11.6 Å². The van der Waals surface area contributed by atoms with Crippen LogP contribution in [0.25, 0.3) is 6.08 Å². The first-order valence-electron chi connectivity index (χ1n) is 9.33. The lowest BCUT2D eigenvalue weighted by Crippen LogP contribution is -2.37. The second-order valence-corrected chi connectivity index (χ2v) is 7.24. The number of carbonyl (C=O) groups is 2. The molecule has 5 heteroatoms. The minimum atomic E-state index is -1.33. The SMILES string of the molecule is CCOc1ccc(C=C2CCc3cc(OC(C)(C)C(=O)O)ccc3C2=O)cc1. The lowest BCUT2D eigenvalue weighted by atomic mass is 9.86. The van der Waals surface area contributed by atoms with E-state index in [1.807, 2.05) is 37.3 Å². The molecule has 0 atom stereocenters. The summed E-state index contributed by atoms with van der Waals surface area (Å²) < 4.78 is 11.0. The Bertz CT molecular complexity index is 923. The van der Waals surface area contributed by atoms with Crippen molar-refractivity contribution in [2.75, 3.05) is 6.61 Å². The number of Topliss-reactive ketones (excluding diaryl/α,β-unsaturated/α-hetero) is 1. The van der Waals surface area contributed by atoms with Crippen LogP contribution >= 0.6 is 0 Å². The fourth-order valence-electron chi connectivity index (χ4n) is 3.12. The summed E-state index contributed by atoms with van der Waals surface area (Å²) in [5, 5.41) is 9.21. The second kappa shape index (κ2) is 7.89. The third kappa shape index (κ3) is 4.25. The first-order chi connectivity index (χ1) is 13.3. The summed E-state index contributed by atoms with van der Waals surface area (Å²) in [6, 6.07) is 12.8. The standard InChI is InChI=1S/C23H24O5/c1-4-27-18-9-5-15(6-10-18)13-17-8-7-16-14-19(11-12-20(16)21(17)24)28-23(2,3)22(25)26/h5-6,9-14H,4,7-8H2,1-3H3,(H,25,26). The molecule has 0 heterocycles. The number of hydrogen-bond donors (Lipinski definition) is 1. The van der Waals surface area contributed by atoms with Crippen molar-refractivity contribution >= 4 is 17.8 Å². The number of carboxylic acids is 1. The van der Waals surface area contributed by atoms with E-state index >= 15 is 0 Å². The quantitative estimate of drug-likeness (QED) is 0.745. The molecule has 2 aromatic carbocycles. The van der Waals surface area contributed by atoms with E-state index in [0.717, 1.165) is 22.4 Å². The Morgan fingerprint density at radius 3 is 2.43 bits per heavy atom. The summed E-state index contributed by atoms with van der Waals surface area (Å²) in [7, 11) is 0. The average molecular weight is 380 g/mol. The molecular weight excluding hydrogens is 356 g/mol. The first-order valence-corrected chi connectivity index (χ1v) is 9.33. The molecule has 0 unspecified atom stereocenters. The molecule has 0 bridgehead atoms. The van der Waals surface area contributed by atoms with Crippen LogP contribution in [0.4, 0.5) is 0 Å². The molecular formula is C23H24O5. The van der Waals surface area contributed by atoms with Crippen molar-refractivity contribution in [3.63, 3.8) is 0 Å². The van der Waals surface area contributed by atoms with Crippen LogP contribution in [0.2, 0.25) is 0 Å². The monoisotopic (exact) mass is 380 g/mol. The number of carboxylic acid groups (broad SMARTS) is 1. The fraction of sp³-hybridized carbons (Fsp3) is 0.304. The second-order valence-electron chi connectivity index (χ2n) is 7.24. The smallest absolute Gasteiger partial charge is 0.347 e. The Hall–Kier alpha value is -3.08. The highest BCUT2D eigenvalue weighted by atomic mass is 16.5. The number of rotatable bonds is 6. The van der Waals surface area contributed by atoms with E-state index in [2.05, 4.69) is 0 Å². The summed E-state index contributed by atoms with van der Waals surface area (Å²) >= 11 is 0. The molecule has 0 aromatic heterocycles. The third-order valence-electron chi connectivity index (χ3n) is 4.70. The van der Waals surface area contributed by atoms with Gasteiger partial charge in [-0.2, -0.15) is 0 Å². The molecule has 5 nitrogen and oxygen atoms in total. The van der Waals surface area contributed by atoms with E-state index in [0.29, 0.717) is 30.8 Å². The van der Waals surface area contributed by atoms with Crippen molar-refractivity contribution < 1.29 is 24.2 Å². The molecule has 0 saturated heterocycles. The number of carbonyl (C=O) groups excluding carboxylic acids is 1. The lowest BCUT2D eigenvalue weighted by molar-refractivity contribution is -0.152. The van der Waals surface area contributed by atoms with Crippen LogP contribution in [-0.4, -0.2) is 29.1 Å². The zero-order valence-electron chi connectivity index (χ0n) is 16.3. The van der Waals surface area contributed by atoms with Gasteiger partial charge in [0.1, 0.15) is 11.5 Å². The maximum Gasteiger partial charge on any atom is 0.347 e. The van der Waals surface area contributed by atoms with Crippen molar-refractivity contribution in [2.24, 2.45) is 0 Å². The molecule has 0 aliphatic heterocycles. The van der Waals surface area contributed by atoms with Crippen LogP contribution in [-0.2, 0) is 11.2 Å². The number of benzene rings is 2. The molecule has 0 fully saturated rings. The highest BCUT2D eigenvalue weighted by Gasteiger charge is 2.30. The van der Waals surface area contributed by atoms with Gasteiger partial charge in [-0.05, 0) is 81.1 Å². The van der Waals surface area contributed by atoms with Gasteiger partial charge in [-0.3, -0.25) is 4.79 Å². The Morgan fingerprint density at radius 1 is 1.11 bits per heavy atom. The minimum Gasteiger partial charge on any atom is -0.494 e. The topological polar surface area (TPSA) is 72.8 Å². The van der Waals surface area contributed by atoms with Crippen LogP contribution in [0.1, 0.15) is 48.7 Å². The van der Waals surface area contributed by atoms with Crippen LogP contribution in [0.5, 0.6) is 11.5 Å². The molecule has 146 valence electrons. The van der Waals surface area contributed by atoms with Crippen LogP contribution in [0.15, 0.2) is 48.0 Å². The van der Waals surface area contributed by atoms with Gasteiger partial charge in [0.25, 0.3) is 0 Å². The van der Waals surface area contributed by atoms with Crippen molar-refractivity contribution in [1.29, 1.82) is 0 Å². The number of aryl methyl sites for hydroxylation is 1. The van der Waals surface area contributed by atoms with E-state index in [1.54, 1.807) is 18.2 Å². The van der Waals surface area contributed by atoms with Gasteiger partial charge >= 0.3 is 5.97 Å².